The predicted octanol–water partition coefficient (Wildman–Crippen LogP) is 1.57. The van der Waals surface area contributed by atoms with Gasteiger partial charge in [0.2, 0.25) is 0 Å². The van der Waals surface area contributed by atoms with Gasteiger partial charge in [0.05, 0.1) is 49.0 Å². The second-order valence-electron chi connectivity index (χ2n) is 5.38. The smallest absolute Gasteiger partial charge is 0.0575 e. The highest BCUT2D eigenvalue weighted by Crippen LogP contribution is 2.21. The number of aromatic nitrogens is 2. The molecule has 4 heterocycles. The molecule has 6 bridgehead atoms. The van der Waals surface area contributed by atoms with Crippen molar-refractivity contribution in [3.63, 3.8) is 0 Å². The van der Waals surface area contributed by atoms with Gasteiger partial charge in [-0.2, -0.15) is 5.12 Å². The van der Waals surface area contributed by atoms with E-state index in [1.54, 1.807) is 0 Å². The number of hydrogen-bond acceptors (Lipinski definition) is 5. The highest BCUT2D eigenvalue weighted by Gasteiger charge is 2.25. The molecule has 0 unspecified atom stereocenters. The molecule has 2 aliphatic rings. The number of nitrogens with zero attached hydrogens (tertiary/aromatic N) is 5. The van der Waals surface area contributed by atoms with Gasteiger partial charge in [0.1, 0.15) is 0 Å². The van der Waals surface area contributed by atoms with Crippen LogP contribution in [0.15, 0.2) is 36.4 Å². The van der Waals surface area contributed by atoms with Crippen LogP contribution >= 0.6 is 0 Å². The molecular weight excluding hydrogens is 250 g/mol. The molecule has 0 radical (unpaired) electrons. The summed E-state index contributed by atoms with van der Waals surface area (Å²) in [5.74, 6) is 0. The maximum Gasteiger partial charge on any atom is 0.0575 e. The first kappa shape index (κ1) is 12.0. The molecule has 0 N–H and O–H groups in total. The van der Waals surface area contributed by atoms with Gasteiger partial charge in [0.15, 0.2) is 0 Å². The summed E-state index contributed by atoms with van der Waals surface area (Å²) in [6.45, 7) is 3.25. The summed E-state index contributed by atoms with van der Waals surface area (Å²) < 4.78 is 0. The van der Waals surface area contributed by atoms with E-state index in [9.17, 15) is 0 Å². The van der Waals surface area contributed by atoms with E-state index in [0.717, 1.165) is 49.0 Å². The number of hydrogen-bond donors (Lipinski definition) is 0. The van der Waals surface area contributed by atoms with E-state index in [0.29, 0.717) is 0 Å². The Bertz CT molecular complexity index is 544. The van der Waals surface area contributed by atoms with Crippen molar-refractivity contribution in [1.82, 2.24) is 25.1 Å². The molecule has 0 saturated carbocycles. The van der Waals surface area contributed by atoms with Crippen LogP contribution in [0.1, 0.15) is 22.8 Å². The molecule has 0 saturated heterocycles. The monoisotopic (exact) mass is 267 g/mol. The minimum atomic E-state index is 0.812. The van der Waals surface area contributed by atoms with E-state index in [1.165, 1.54) is 0 Å². The van der Waals surface area contributed by atoms with Gasteiger partial charge in [-0.15, -0.1) is 0 Å². The second kappa shape index (κ2) is 4.63. The Morgan fingerprint density at radius 3 is 1.40 bits per heavy atom. The van der Waals surface area contributed by atoms with Gasteiger partial charge in [-0.3, -0.25) is 9.97 Å². The van der Waals surface area contributed by atoms with Crippen molar-refractivity contribution in [1.29, 1.82) is 0 Å². The third-order valence-corrected chi connectivity index (χ3v) is 3.93. The Morgan fingerprint density at radius 1 is 0.700 bits per heavy atom. The van der Waals surface area contributed by atoms with E-state index >= 15 is 0 Å². The first-order chi connectivity index (χ1) is 9.78. The standard InChI is InChI=1S/C15H17N5/c1-18-19-8-12-4-2-5-13(16-12)9-20(18)11-15-7-3-6-14(10-19)17-15/h2-7H,8-11H2,1H3. The maximum atomic E-state index is 4.73. The molecule has 0 aromatic carbocycles. The minimum Gasteiger partial charge on any atom is -0.255 e. The Hall–Kier alpha value is -1.82. The fraction of sp³-hybridized carbons (Fsp3) is 0.333. The molecule has 0 atom stereocenters. The summed E-state index contributed by atoms with van der Waals surface area (Å²) in [6.07, 6.45) is 0. The zero-order valence-electron chi connectivity index (χ0n) is 11.5. The minimum absolute atomic E-state index is 0.812. The molecule has 5 heteroatoms. The summed E-state index contributed by atoms with van der Waals surface area (Å²) in [6, 6.07) is 12.6. The highest BCUT2D eigenvalue weighted by molar-refractivity contribution is 5.15. The first-order valence-corrected chi connectivity index (χ1v) is 6.91. The molecule has 102 valence electrons. The lowest BCUT2D eigenvalue weighted by atomic mass is 10.2. The number of hydrazine groups is 2. The van der Waals surface area contributed by atoms with Crippen molar-refractivity contribution in [2.45, 2.75) is 26.2 Å². The summed E-state index contributed by atoms with van der Waals surface area (Å²) >= 11 is 0. The van der Waals surface area contributed by atoms with Crippen LogP contribution in [0.4, 0.5) is 0 Å². The number of fused-ring (bicyclic) bond motifs is 6. The van der Waals surface area contributed by atoms with Crippen molar-refractivity contribution in [3.8, 4) is 0 Å². The molecular formula is C15H17N5. The van der Waals surface area contributed by atoms with E-state index < -0.39 is 0 Å². The lowest BCUT2D eigenvalue weighted by Gasteiger charge is -2.42. The second-order valence-corrected chi connectivity index (χ2v) is 5.38. The van der Waals surface area contributed by atoms with Crippen molar-refractivity contribution >= 4 is 0 Å². The number of pyridine rings is 2. The largest absolute Gasteiger partial charge is 0.255 e. The topological polar surface area (TPSA) is 35.5 Å². The van der Waals surface area contributed by atoms with Crippen LogP contribution in [0.5, 0.6) is 0 Å². The molecule has 0 amide bonds. The van der Waals surface area contributed by atoms with Gasteiger partial charge in [-0.05, 0) is 24.3 Å². The van der Waals surface area contributed by atoms with Gasteiger partial charge in [-0.25, -0.2) is 10.0 Å². The van der Waals surface area contributed by atoms with Crippen molar-refractivity contribution in [3.05, 3.63) is 59.2 Å². The van der Waals surface area contributed by atoms with E-state index in [2.05, 4.69) is 58.6 Å². The lowest BCUT2D eigenvalue weighted by molar-refractivity contribution is -0.194. The normalized spacial score (nSPS) is 25.2. The highest BCUT2D eigenvalue weighted by atomic mass is 15.9. The van der Waals surface area contributed by atoms with Crippen molar-refractivity contribution < 1.29 is 0 Å². The molecule has 2 aromatic heterocycles. The van der Waals surface area contributed by atoms with Crippen LogP contribution in [0, 0.1) is 0 Å². The SMILES string of the molecule is CN1N2Cc3cccc(n3)CN1Cc1cccc(n1)C2. The zero-order chi connectivity index (χ0) is 13.5. The van der Waals surface area contributed by atoms with Gasteiger partial charge < -0.3 is 0 Å². The van der Waals surface area contributed by atoms with Crippen LogP contribution in [0.3, 0.4) is 0 Å². The fourth-order valence-corrected chi connectivity index (χ4v) is 2.86. The quantitative estimate of drug-likeness (QED) is 0.724. The summed E-state index contributed by atoms with van der Waals surface area (Å²) in [5, 5.41) is 6.80. The first-order valence-electron chi connectivity index (χ1n) is 6.91. The van der Waals surface area contributed by atoms with Gasteiger partial charge in [0, 0.05) is 7.05 Å². The predicted molar refractivity (Wildman–Crippen MR) is 74.7 cm³/mol. The average molecular weight is 267 g/mol. The summed E-state index contributed by atoms with van der Waals surface area (Å²) in [5.41, 5.74) is 4.47. The van der Waals surface area contributed by atoms with Crippen LogP contribution in [0.2, 0.25) is 0 Å². The van der Waals surface area contributed by atoms with E-state index in [1.807, 2.05) is 0 Å². The average Bonchev–Trinajstić information content (AvgIpc) is 2.44. The van der Waals surface area contributed by atoms with Gasteiger partial charge in [0.25, 0.3) is 0 Å². The molecule has 0 aliphatic carbocycles. The fourth-order valence-electron chi connectivity index (χ4n) is 2.86. The molecule has 2 aliphatic heterocycles. The van der Waals surface area contributed by atoms with Crippen LogP contribution in [0.25, 0.3) is 0 Å². The van der Waals surface area contributed by atoms with E-state index in [-0.39, 0.29) is 0 Å². The van der Waals surface area contributed by atoms with Crippen molar-refractivity contribution in [2.75, 3.05) is 7.05 Å². The molecule has 0 spiro atoms. The summed E-state index contributed by atoms with van der Waals surface area (Å²) in [4.78, 5) is 9.46. The van der Waals surface area contributed by atoms with Gasteiger partial charge in [-0.1, -0.05) is 12.1 Å². The van der Waals surface area contributed by atoms with E-state index in [4.69, 9.17) is 9.97 Å². The van der Waals surface area contributed by atoms with Crippen LogP contribution in [-0.2, 0) is 26.2 Å². The number of rotatable bonds is 0. The lowest BCUT2D eigenvalue weighted by Crippen LogP contribution is -2.51. The maximum absolute atomic E-state index is 4.73. The Kier molecular flexibility index (Phi) is 2.77. The molecule has 5 nitrogen and oxygen atoms in total. The summed E-state index contributed by atoms with van der Waals surface area (Å²) in [7, 11) is 2.12. The molecule has 4 rings (SSSR count). The molecule has 20 heavy (non-hydrogen) atoms. The van der Waals surface area contributed by atoms with Gasteiger partial charge >= 0.3 is 0 Å². The van der Waals surface area contributed by atoms with Crippen LogP contribution < -0.4 is 0 Å². The Labute approximate surface area is 118 Å². The molecule has 0 fully saturated rings. The van der Waals surface area contributed by atoms with Crippen molar-refractivity contribution in [2.24, 2.45) is 0 Å². The zero-order valence-corrected chi connectivity index (χ0v) is 11.5. The Balaban J connectivity index is 1.79. The third kappa shape index (κ3) is 2.10. The third-order valence-electron chi connectivity index (χ3n) is 3.93. The Morgan fingerprint density at radius 2 is 1.05 bits per heavy atom. The molecule has 2 aromatic rings. The van der Waals surface area contributed by atoms with Crippen LogP contribution in [-0.4, -0.2) is 32.2 Å².